The molecule has 0 radical (unpaired) electrons. The SMILES string of the molecule is O=C(CN1CCN(S(=O)(=O)c2cccc([N+](=O)[O-])c2)CC1)Nc1ccc(F)cc1. The van der Waals surface area contributed by atoms with E-state index in [0.717, 1.165) is 6.07 Å². The molecule has 3 rings (SSSR count). The van der Waals surface area contributed by atoms with Crippen molar-refractivity contribution < 1.29 is 22.5 Å². The average molecular weight is 422 g/mol. The molecule has 1 heterocycles. The lowest BCUT2D eigenvalue weighted by Crippen LogP contribution is -2.50. The van der Waals surface area contributed by atoms with Gasteiger partial charge in [-0.25, -0.2) is 12.8 Å². The molecule has 1 aliphatic heterocycles. The predicted molar refractivity (Wildman–Crippen MR) is 103 cm³/mol. The maximum absolute atomic E-state index is 12.9. The number of nitro benzene ring substituents is 1. The molecule has 2 aromatic carbocycles. The number of halogens is 1. The van der Waals surface area contributed by atoms with Crippen LogP contribution in [0.25, 0.3) is 0 Å². The molecule has 0 unspecified atom stereocenters. The van der Waals surface area contributed by atoms with Gasteiger partial charge in [-0.15, -0.1) is 0 Å². The number of carbonyl (C=O) groups is 1. The summed E-state index contributed by atoms with van der Waals surface area (Å²) in [4.78, 5) is 24.0. The number of hydrogen-bond acceptors (Lipinski definition) is 6. The Hall–Kier alpha value is -2.89. The van der Waals surface area contributed by atoms with Gasteiger partial charge >= 0.3 is 0 Å². The highest BCUT2D eigenvalue weighted by molar-refractivity contribution is 7.89. The Balaban J connectivity index is 1.57. The first-order valence-corrected chi connectivity index (χ1v) is 10.2. The number of nitro groups is 1. The van der Waals surface area contributed by atoms with E-state index in [0.29, 0.717) is 18.8 Å². The van der Waals surface area contributed by atoms with E-state index in [1.54, 1.807) is 4.90 Å². The van der Waals surface area contributed by atoms with Crippen molar-refractivity contribution in [2.75, 3.05) is 38.0 Å². The van der Waals surface area contributed by atoms with E-state index < -0.39 is 20.8 Å². The minimum atomic E-state index is -3.86. The van der Waals surface area contributed by atoms with Gasteiger partial charge in [-0.2, -0.15) is 4.31 Å². The molecular weight excluding hydrogens is 403 g/mol. The maximum Gasteiger partial charge on any atom is 0.270 e. The third-order valence-electron chi connectivity index (χ3n) is 4.49. The summed E-state index contributed by atoms with van der Waals surface area (Å²) in [6.07, 6.45) is 0. The van der Waals surface area contributed by atoms with Crippen LogP contribution in [0.2, 0.25) is 0 Å². The number of nitrogens with zero attached hydrogens (tertiary/aromatic N) is 3. The van der Waals surface area contributed by atoms with E-state index in [9.17, 15) is 27.7 Å². The van der Waals surface area contributed by atoms with E-state index >= 15 is 0 Å². The van der Waals surface area contributed by atoms with E-state index in [-0.39, 0.29) is 36.1 Å². The second-order valence-corrected chi connectivity index (χ2v) is 8.43. The van der Waals surface area contributed by atoms with Gasteiger partial charge in [0.15, 0.2) is 0 Å². The highest BCUT2D eigenvalue weighted by Gasteiger charge is 2.30. The zero-order chi connectivity index (χ0) is 21.0. The van der Waals surface area contributed by atoms with Crippen molar-refractivity contribution in [2.45, 2.75) is 4.90 Å². The molecule has 154 valence electrons. The maximum atomic E-state index is 12.9. The van der Waals surface area contributed by atoms with Crippen molar-refractivity contribution in [3.8, 4) is 0 Å². The van der Waals surface area contributed by atoms with Crippen LogP contribution in [-0.4, -0.2) is 61.2 Å². The number of non-ortho nitro benzene ring substituents is 1. The first kappa shape index (κ1) is 20.8. The lowest BCUT2D eigenvalue weighted by atomic mass is 10.3. The standard InChI is InChI=1S/C18H19FN4O5S/c19-14-4-6-15(7-5-14)20-18(24)13-21-8-10-22(11-9-21)29(27,28)17-3-1-2-16(12-17)23(25)26/h1-7,12H,8-11,13H2,(H,20,24). The number of carbonyl (C=O) groups excluding carboxylic acids is 1. The molecule has 1 fully saturated rings. The van der Waals surface area contributed by atoms with Crippen molar-refractivity contribution in [3.05, 3.63) is 64.5 Å². The normalized spacial score (nSPS) is 15.8. The topological polar surface area (TPSA) is 113 Å². The van der Waals surface area contributed by atoms with Gasteiger partial charge in [0.25, 0.3) is 5.69 Å². The van der Waals surface area contributed by atoms with E-state index in [1.807, 2.05) is 0 Å². The molecular formula is C18H19FN4O5S. The van der Waals surface area contributed by atoms with Gasteiger partial charge in [-0.1, -0.05) is 6.07 Å². The number of anilines is 1. The highest BCUT2D eigenvalue weighted by atomic mass is 32.2. The van der Waals surface area contributed by atoms with Crippen LogP contribution in [0.5, 0.6) is 0 Å². The number of nitrogens with one attached hydrogen (secondary N) is 1. The summed E-state index contributed by atoms with van der Waals surface area (Å²) >= 11 is 0. The van der Waals surface area contributed by atoms with Crippen LogP contribution in [0.4, 0.5) is 15.8 Å². The molecule has 9 nitrogen and oxygen atoms in total. The van der Waals surface area contributed by atoms with Crippen LogP contribution >= 0.6 is 0 Å². The fourth-order valence-corrected chi connectivity index (χ4v) is 4.43. The van der Waals surface area contributed by atoms with Crippen LogP contribution < -0.4 is 5.32 Å². The van der Waals surface area contributed by atoms with Gasteiger partial charge in [0.2, 0.25) is 15.9 Å². The van der Waals surface area contributed by atoms with Gasteiger partial charge in [-0.3, -0.25) is 19.8 Å². The quantitative estimate of drug-likeness (QED) is 0.560. The Morgan fingerprint density at radius 2 is 1.76 bits per heavy atom. The summed E-state index contributed by atoms with van der Waals surface area (Å²) in [7, 11) is -3.86. The summed E-state index contributed by atoms with van der Waals surface area (Å²) in [6, 6.07) is 10.3. The Bertz CT molecular complexity index is 1010. The smallest absolute Gasteiger partial charge is 0.270 e. The molecule has 1 N–H and O–H groups in total. The molecule has 0 saturated carbocycles. The predicted octanol–water partition coefficient (Wildman–Crippen LogP) is 1.68. The Kier molecular flexibility index (Phi) is 6.20. The zero-order valence-corrected chi connectivity index (χ0v) is 16.1. The first-order valence-electron chi connectivity index (χ1n) is 8.78. The third kappa shape index (κ3) is 5.13. The fourth-order valence-electron chi connectivity index (χ4n) is 2.97. The van der Waals surface area contributed by atoms with Crippen LogP contribution in [-0.2, 0) is 14.8 Å². The van der Waals surface area contributed by atoms with Crippen molar-refractivity contribution in [3.63, 3.8) is 0 Å². The summed E-state index contributed by atoms with van der Waals surface area (Å²) in [5.74, 6) is -0.685. The van der Waals surface area contributed by atoms with Gasteiger partial charge in [-0.05, 0) is 30.3 Å². The number of hydrogen-bond donors (Lipinski definition) is 1. The van der Waals surface area contributed by atoms with Crippen LogP contribution in [0.1, 0.15) is 0 Å². The van der Waals surface area contributed by atoms with Crippen LogP contribution in [0.15, 0.2) is 53.4 Å². The second-order valence-electron chi connectivity index (χ2n) is 6.49. The van der Waals surface area contributed by atoms with Crippen molar-refractivity contribution in [1.82, 2.24) is 9.21 Å². The van der Waals surface area contributed by atoms with Crippen LogP contribution in [0.3, 0.4) is 0 Å². The molecule has 0 bridgehead atoms. The summed E-state index contributed by atoms with van der Waals surface area (Å²) in [5, 5.41) is 13.5. The molecule has 1 amide bonds. The lowest BCUT2D eigenvalue weighted by Gasteiger charge is -2.33. The number of piperazine rings is 1. The van der Waals surface area contributed by atoms with Crippen molar-refractivity contribution >= 4 is 27.3 Å². The fraction of sp³-hybridized carbons (Fsp3) is 0.278. The van der Waals surface area contributed by atoms with Gasteiger partial charge in [0.1, 0.15) is 5.82 Å². The molecule has 0 spiro atoms. The molecule has 0 aromatic heterocycles. The van der Waals surface area contributed by atoms with E-state index in [1.165, 1.54) is 46.8 Å². The zero-order valence-electron chi connectivity index (χ0n) is 15.3. The van der Waals surface area contributed by atoms with Crippen LogP contribution in [0, 0.1) is 15.9 Å². The van der Waals surface area contributed by atoms with E-state index in [2.05, 4.69) is 5.32 Å². The Labute approximate surface area is 166 Å². The van der Waals surface area contributed by atoms with Crippen molar-refractivity contribution in [2.24, 2.45) is 0 Å². The number of rotatable bonds is 6. The van der Waals surface area contributed by atoms with E-state index in [4.69, 9.17) is 0 Å². The number of benzene rings is 2. The lowest BCUT2D eigenvalue weighted by molar-refractivity contribution is -0.385. The molecule has 0 aliphatic carbocycles. The van der Waals surface area contributed by atoms with Gasteiger partial charge < -0.3 is 5.32 Å². The number of amides is 1. The molecule has 29 heavy (non-hydrogen) atoms. The highest BCUT2D eigenvalue weighted by Crippen LogP contribution is 2.22. The van der Waals surface area contributed by atoms with Gasteiger partial charge in [0.05, 0.1) is 16.4 Å². The van der Waals surface area contributed by atoms with Crippen molar-refractivity contribution in [1.29, 1.82) is 0 Å². The summed E-state index contributed by atoms with van der Waals surface area (Å²) in [5.41, 5.74) is 0.186. The number of sulfonamides is 1. The Morgan fingerprint density at radius 1 is 1.10 bits per heavy atom. The molecule has 1 aliphatic rings. The third-order valence-corrected chi connectivity index (χ3v) is 6.39. The summed E-state index contributed by atoms with van der Waals surface area (Å²) < 4.78 is 39.6. The monoisotopic (exact) mass is 422 g/mol. The Morgan fingerprint density at radius 3 is 2.38 bits per heavy atom. The minimum absolute atomic E-state index is 0.0715. The largest absolute Gasteiger partial charge is 0.325 e. The first-order chi connectivity index (χ1) is 13.8. The molecule has 2 aromatic rings. The molecule has 1 saturated heterocycles. The molecule has 0 atom stereocenters. The summed E-state index contributed by atoms with van der Waals surface area (Å²) in [6.45, 7) is 1.07. The second kappa shape index (κ2) is 8.64. The average Bonchev–Trinajstić information content (AvgIpc) is 2.70. The molecule has 11 heteroatoms. The minimum Gasteiger partial charge on any atom is -0.325 e. The van der Waals surface area contributed by atoms with Gasteiger partial charge in [0, 0.05) is 44.0 Å².